The maximum atomic E-state index is 13.9. The van der Waals surface area contributed by atoms with Crippen LogP contribution in [-0.2, 0) is 0 Å². The predicted molar refractivity (Wildman–Crippen MR) is 88.5 cm³/mol. The molecule has 0 saturated heterocycles. The van der Waals surface area contributed by atoms with Crippen LogP contribution < -0.4 is 0 Å². The highest BCUT2D eigenvalue weighted by molar-refractivity contribution is 7.80. The van der Waals surface area contributed by atoms with Gasteiger partial charge in [0.25, 0.3) is 5.91 Å². The zero-order chi connectivity index (χ0) is 16.0. The van der Waals surface area contributed by atoms with Gasteiger partial charge in [0.05, 0.1) is 5.56 Å². The van der Waals surface area contributed by atoms with Crippen LogP contribution in [0.2, 0.25) is 0 Å². The van der Waals surface area contributed by atoms with Crippen LogP contribution in [0.1, 0.15) is 50.9 Å². The highest BCUT2D eigenvalue weighted by atomic mass is 32.1. The highest BCUT2D eigenvalue weighted by Crippen LogP contribution is 2.17. The van der Waals surface area contributed by atoms with E-state index in [1.807, 2.05) is 0 Å². The molecular formula is C17H26FNOS. The fourth-order valence-electron chi connectivity index (χ4n) is 1.99. The number of carbonyl (C=O) groups is 1. The van der Waals surface area contributed by atoms with E-state index in [4.69, 9.17) is 0 Å². The standard InChI is InChI=1S/C17H26FNOS/c1-12(2)7-9-19(10-8-13(3)4)17(20)15-11-14(21)5-6-16(15)18/h5-6,11-13,21H,7-10H2,1-4H3. The van der Waals surface area contributed by atoms with Gasteiger partial charge in [-0.3, -0.25) is 4.79 Å². The van der Waals surface area contributed by atoms with E-state index in [9.17, 15) is 9.18 Å². The van der Waals surface area contributed by atoms with Crippen molar-refractivity contribution >= 4 is 18.5 Å². The molecule has 1 aromatic rings. The van der Waals surface area contributed by atoms with E-state index in [2.05, 4.69) is 40.3 Å². The van der Waals surface area contributed by atoms with E-state index < -0.39 is 5.82 Å². The van der Waals surface area contributed by atoms with E-state index in [0.717, 1.165) is 12.8 Å². The molecule has 0 heterocycles. The number of halogens is 1. The van der Waals surface area contributed by atoms with Gasteiger partial charge in [0, 0.05) is 18.0 Å². The van der Waals surface area contributed by atoms with Crippen LogP contribution in [0.15, 0.2) is 23.1 Å². The lowest BCUT2D eigenvalue weighted by Gasteiger charge is -2.25. The third-order valence-electron chi connectivity index (χ3n) is 3.42. The number of thiol groups is 1. The summed E-state index contributed by atoms with van der Waals surface area (Å²) in [6.07, 6.45) is 1.85. The van der Waals surface area contributed by atoms with Gasteiger partial charge in [0.2, 0.25) is 0 Å². The topological polar surface area (TPSA) is 20.3 Å². The summed E-state index contributed by atoms with van der Waals surface area (Å²) in [6, 6.07) is 4.37. The molecule has 0 bridgehead atoms. The molecule has 0 aliphatic rings. The minimum atomic E-state index is -0.475. The lowest BCUT2D eigenvalue weighted by atomic mass is 10.1. The monoisotopic (exact) mass is 311 g/mol. The van der Waals surface area contributed by atoms with Crippen molar-refractivity contribution in [3.63, 3.8) is 0 Å². The molecule has 0 aromatic heterocycles. The molecule has 0 spiro atoms. The number of hydrogen-bond acceptors (Lipinski definition) is 2. The Morgan fingerprint density at radius 2 is 1.67 bits per heavy atom. The number of carbonyl (C=O) groups excluding carboxylic acids is 1. The zero-order valence-electron chi connectivity index (χ0n) is 13.4. The Morgan fingerprint density at radius 3 is 2.14 bits per heavy atom. The zero-order valence-corrected chi connectivity index (χ0v) is 14.3. The Labute approximate surface area is 133 Å². The first-order valence-electron chi connectivity index (χ1n) is 7.59. The van der Waals surface area contributed by atoms with Gasteiger partial charge in [-0.25, -0.2) is 4.39 Å². The molecule has 0 N–H and O–H groups in total. The first-order chi connectivity index (χ1) is 9.81. The van der Waals surface area contributed by atoms with Crippen molar-refractivity contribution in [1.82, 2.24) is 4.90 Å². The molecule has 0 radical (unpaired) electrons. The number of hydrogen-bond donors (Lipinski definition) is 1. The molecule has 0 atom stereocenters. The minimum absolute atomic E-state index is 0.120. The van der Waals surface area contributed by atoms with E-state index >= 15 is 0 Å². The molecule has 21 heavy (non-hydrogen) atoms. The summed E-state index contributed by atoms with van der Waals surface area (Å²) < 4.78 is 13.9. The number of nitrogens with zero attached hydrogens (tertiary/aromatic N) is 1. The van der Waals surface area contributed by atoms with Crippen LogP contribution >= 0.6 is 12.6 Å². The van der Waals surface area contributed by atoms with Crippen LogP contribution in [0.25, 0.3) is 0 Å². The quantitative estimate of drug-likeness (QED) is 0.727. The summed E-state index contributed by atoms with van der Waals surface area (Å²) in [4.78, 5) is 15.0. The van der Waals surface area contributed by atoms with Crippen LogP contribution in [-0.4, -0.2) is 23.9 Å². The molecule has 1 aromatic carbocycles. The fraction of sp³-hybridized carbons (Fsp3) is 0.588. The van der Waals surface area contributed by atoms with E-state index in [-0.39, 0.29) is 11.5 Å². The molecule has 0 unspecified atom stereocenters. The summed E-state index contributed by atoms with van der Waals surface area (Å²) >= 11 is 4.20. The third kappa shape index (κ3) is 6.08. The predicted octanol–water partition coefficient (Wildman–Crippen LogP) is 4.65. The Kier molecular flexibility index (Phi) is 7.23. The summed E-state index contributed by atoms with van der Waals surface area (Å²) in [6.45, 7) is 9.83. The fourth-order valence-corrected chi connectivity index (χ4v) is 2.19. The lowest BCUT2D eigenvalue weighted by molar-refractivity contribution is 0.0736. The van der Waals surface area contributed by atoms with E-state index in [1.165, 1.54) is 12.1 Å². The van der Waals surface area contributed by atoms with Gasteiger partial charge in [-0.15, -0.1) is 12.6 Å². The average Bonchev–Trinajstić information content (AvgIpc) is 2.40. The smallest absolute Gasteiger partial charge is 0.256 e. The second kappa shape index (κ2) is 8.42. The van der Waals surface area contributed by atoms with Crippen LogP contribution in [0.4, 0.5) is 4.39 Å². The van der Waals surface area contributed by atoms with Crippen molar-refractivity contribution in [3.05, 3.63) is 29.6 Å². The van der Waals surface area contributed by atoms with Crippen molar-refractivity contribution in [2.24, 2.45) is 11.8 Å². The van der Waals surface area contributed by atoms with Gasteiger partial charge in [0.15, 0.2) is 0 Å². The van der Waals surface area contributed by atoms with Crippen molar-refractivity contribution in [3.8, 4) is 0 Å². The van der Waals surface area contributed by atoms with Crippen molar-refractivity contribution in [1.29, 1.82) is 0 Å². The van der Waals surface area contributed by atoms with Gasteiger partial charge >= 0.3 is 0 Å². The maximum absolute atomic E-state index is 13.9. The van der Waals surface area contributed by atoms with Gasteiger partial charge in [-0.2, -0.15) is 0 Å². The van der Waals surface area contributed by atoms with E-state index in [1.54, 1.807) is 11.0 Å². The minimum Gasteiger partial charge on any atom is -0.339 e. The molecule has 4 heteroatoms. The van der Waals surface area contributed by atoms with Crippen LogP contribution in [0.3, 0.4) is 0 Å². The molecule has 0 aliphatic carbocycles. The molecule has 1 amide bonds. The average molecular weight is 311 g/mol. The maximum Gasteiger partial charge on any atom is 0.256 e. The first-order valence-corrected chi connectivity index (χ1v) is 8.03. The normalized spacial score (nSPS) is 11.2. The first kappa shape index (κ1) is 18.0. The summed E-state index contributed by atoms with van der Waals surface area (Å²) in [5, 5.41) is 0. The summed E-state index contributed by atoms with van der Waals surface area (Å²) in [5.74, 6) is 0.322. The van der Waals surface area contributed by atoms with Gasteiger partial charge in [-0.05, 0) is 42.9 Å². The molecule has 0 saturated carbocycles. The molecule has 0 aliphatic heterocycles. The second-order valence-electron chi connectivity index (χ2n) is 6.32. The molecule has 0 fully saturated rings. The largest absolute Gasteiger partial charge is 0.339 e. The Hall–Kier alpha value is -1.03. The van der Waals surface area contributed by atoms with Crippen molar-refractivity contribution in [2.75, 3.05) is 13.1 Å². The van der Waals surface area contributed by atoms with Crippen LogP contribution in [0.5, 0.6) is 0 Å². The molecular weight excluding hydrogens is 285 g/mol. The third-order valence-corrected chi connectivity index (χ3v) is 3.70. The Morgan fingerprint density at radius 1 is 1.14 bits per heavy atom. The second-order valence-corrected chi connectivity index (χ2v) is 6.84. The number of rotatable bonds is 7. The molecule has 2 nitrogen and oxygen atoms in total. The highest BCUT2D eigenvalue weighted by Gasteiger charge is 2.19. The molecule has 118 valence electrons. The Bertz CT molecular complexity index is 462. The summed E-state index contributed by atoms with van der Waals surface area (Å²) in [7, 11) is 0. The SMILES string of the molecule is CC(C)CCN(CCC(C)C)C(=O)c1cc(S)ccc1F. The Balaban J connectivity index is 2.89. The van der Waals surface area contributed by atoms with Crippen molar-refractivity contribution < 1.29 is 9.18 Å². The molecule has 1 rings (SSSR count). The summed E-state index contributed by atoms with van der Waals surface area (Å²) in [5.41, 5.74) is 0.120. The van der Waals surface area contributed by atoms with Crippen molar-refractivity contribution in [2.45, 2.75) is 45.4 Å². The lowest BCUT2D eigenvalue weighted by Crippen LogP contribution is -2.34. The van der Waals surface area contributed by atoms with Gasteiger partial charge in [-0.1, -0.05) is 27.7 Å². The number of amides is 1. The van der Waals surface area contributed by atoms with Crippen LogP contribution in [0, 0.1) is 17.7 Å². The van der Waals surface area contributed by atoms with Gasteiger partial charge in [0.1, 0.15) is 5.82 Å². The van der Waals surface area contributed by atoms with E-state index in [0.29, 0.717) is 29.8 Å². The van der Waals surface area contributed by atoms with Gasteiger partial charge < -0.3 is 4.90 Å². The number of benzene rings is 1.